The number of primary amides is 1. The van der Waals surface area contributed by atoms with Gasteiger partial charge in [0.15, 0.2) is 0 Å². The Morgan fingerprint density at radius 3 is 2.22 bits per heavy atom. The van der Waals surface area contributed by atoms with E-state index in [0.717, 1.165) is 19.3 Å². The highest BCUT2D eigenvalue weighted by Gasteiger charge is 2.58. The predicted molar refractivity (Wildman–Crippen MR) is 144 cm³/mol. The first-order valence-electron chi connectivity index (χ1n) is 12.3. The number of halogens is 3. The Morgan fingerprint density at radius 2 is 1.67 bits per heavy atom. The molecule has 2 unspecified atom stereocenters. The minimum absolute atomic E-state index is 0.0302. The minimum atomic E-state index is -3.59. The van der Waals surface area contributed by atoms with Crippen molar-refractivity contribution >= 4 is 63.3 Å². The Morgan fingerprint density at radius 1 is 1.08 bits per heavy atom. The van der Waals surface area contributed by atoms with Gasteiger partial charge in [-0.25, -0.2) is 0 Å². The molecule has 36 heavy (non-hydrogen) atoms. The van der Waals surface area contributed by atoms with Gasteiger partial charge in [0.2, 0.25) is 11.8 Å². The van der Waals surface area contributed by atoms with E-state index in [1.807, 2.05) is 13.8 Å². The number of carbonyl (C=O) groups is 2. The van der Waals surface area contributed by atoms with Crippen LogP contribution in [-0.4, -0.2) is 50.9 Å². The average molecular weight is 580 g/mol. The van der Waals surface area contributed by atoms with Gasteiger partial charge in [0.05, 0.1) is 22.3 Å². The first kappa shape index (κ1) is 26.7. The monoisotopic (exact) mass is 578 g/mol. The van der Waals surface area contributed by atoms with E-state index in [4.69, 9.17) is 40.5 Å². The molecule has 2 amide bonds. The lowest BCUT2D eigenvalue weighted by atomic mass is 9.47. The summed E-state index contributed by atoms with van der Waals surface area (Å²) < 4.78 is 25.5. The largest absolute Gasteiger partial charge is 0.369 e. The summed E-state index contributed by atoms with van der Waals surface area (Å²) in [6.07, 6.45) is 4.28. The number of nitrogens with two attached hydrogens (primary N) is 1. The Kier molecular flexibility index (Phi) is 6.72. The van der Waals surface area contributed by atoms with E-state index < -0.39 is 21.8 Å². The van der Waals surface area contributed by atoms with Crippen LogP contribution in [0, 0.1) is 28.6 Å². The summed E-state index contributed by atoms with van der Waals surface area (Å²) in [7, 11) is -3.59. The molecule has 0 spiro atoms. The van der Waals surface area contributed by atoms with Gasteiger partial charge in [0.1, 0.15) is 0 Å². The number of anilines is 1. The second kappa shape index (κ2) is 9.07. The second-order valence-electron chi connectivity index (χ2n) is 11.9. The molecule has 0 aromatic heterocycles. The fourth-order valence-electron chi connectivity index (χ4n) is 7.30. The maximum atomic E-state index is 13.3. The Labute approximate surface area is 228 Å². The molecule has 5 aliphatic rings. The predicted octanol–water partition coefficient (Wildman–Crippen LogP) is 5.17. The van der Waals surface area contributed by atoms with E-state index >= 15 is 0 Å². The van der Waals surface area contributed by atoms with Crippen LogP contribution in [0.2, 0.25) is 15.1 Å². The van der Waals surface area contributed by atoms with Crippen molar-refractivity contribution in [3.8, 4) is 0 Å². The standard InChI is InChI=1S/C24H33Cl3N4O4S/c1-23(2)11-30(36(34,35)31(12-23)21-17(26)5-16(25)6-18(21)27)10-19(32)29-20-14-3-13-4-15(20)9-24(7-13,8-14)22(28)33/h5-6,13-15,20,34-35H,3-4,7-12H2,1-2H3,(H2,28,33)(H,29,32). The third-order valence-corrected chi connectivity index (χ3v) is 11.1. The van der Waals surface area contributed by atoms with Crippen molar-refractivity contribution in [2.75, 3.05) is 23.9 Å². The number of hydrogen-bond acceptors (Lipinski definition) is 6. The highest BCUT2D eigenvalue weighted by Crippen LogP contribution is 2.60. The average Bonchev–Trinajstić information content (AvgIpc) is 2.72. The normalized spacial score (nSPS) is 35.5. The molecule has 1 saturated heterocycles. The summed E-state index contributed by atoms with van der Waals surface area (Å²) in [5, 5.41) is 3.93. The molecule has 6 rings (SSSR count). The molecule has 12 heteroatoms. The maximum absolute atomic E-state index is 13.3. The van der Waals surface area contributed by atoms with Crippen molar-refractivity contribution in [3.05, 3.63) is 27.2 Å². The Hall–Kier alpha value is -0.940. The van der Waals surface area contributed by atoms with Gasteiger partial charge in [-0.15, -0.1) is 0 Å². The van der Waals surface area contributed by atoms with Gasteiger partial charge in [-0.2, -0.15) is 4.31 Å². The smallest absolute Gasteiger partial charge is 0.236 e. The van der Waals surface area contributed by atoms with Crippen LogP contribution in [0.25, 0.3) is 0 Å². The number of rotatable bonds is 5. The van der Waals surface area contributed by atoms with Crippen molar-refractivity contribution in [1.82, 2.24) is 9.62 Å². The van der Waals surface area contributed by atoms with Crippen LogP contribution < -0.4 is 15.4 Å². The lowest BCUT2D eigenvalue weighted by molar-refractivity contribution is -0.147. The fourth-order valence-corrected chi connectivity index (χ4v) is 10.5. The zero-order valence-electron chi connectivity index (χ0n) is 20.3. The molecule has 4 saturated carbocycles. The van der Waals surface area contributed by atoms with E-state index in [1.54, 1.807) is 0 Å². The van der Waals surface area contributed by atoms with E-state index in [1.165, 1.54) is 20.7 Å². The summed E-state index contributed by atoms with van der Waals surface area (Å²) in [6.45, 7) is 4.35. The Bertz CT molecular complexity index is 1060. The van der Waals surface area contributed by atoms with Gasteiger partial charge in [-0.05, 0) is 78.4 Å². The third kappa shape index (κ3) is 4.59. The van der Waals surface area contributed by atoms with Crippen molar-refractivity contribution in [2.45, 2.75) is 52.0 Å². The van der Waals surface area contributed by atoms with E-state index in [-0.39, 0.29) is 58.5 Å². The van der Waals surface area contributed by atoms with Crippen molar-refractivity contribution in [2.24, 2.45) is 34.3 Å². The van der Waals surface area contributed by atoms with Gasteiger partial charge < -0.3 is 11.1 Å². The molecular weight excluding hydrogens is 547 g/mol. The van der Waals surface area contributed by atoms with Gasteiger partial charge >= 0.3 is 0 Å². The SMILES string of the molecule is CC1(C)CN(CC(=O)NC2C3CC4CC2CC(C(N)=O)(C4)C3)S(O)(O)N(c2c(Cl)cc(Cl)cc2Cl)C1. The molecular formula is C24H33Cl3N4O4S. The third-order valence-electron chi connectivity index (χ3n) is 8.49. The first-order chi connectivity index (χ1) is 16.7. The molecule has 5 N–H and O–H groups in total. The van der Waals surface area contributed by atoms with Gasteiger partial charge in [-0.1, -0.05) is 48.7 Å². The fraction of sp³-hybridized carbons (Fsp3) is 0.667. The summed E-state index contributed by atoms with van der Waals surface area (Å²) >= 11 is 18.9. The summed E-state index contributed by atoms with van der Waals surface area (Å²) in [5.41, 5.74) is 5.24. The minimum Gasteiger partial charge on any atom is -0.369 e. The lowest BCUT2D eigenvalue weighted by Crippen LogP contribution is -2.63. The summed E-state index contributed by atoms with van der Waals surface area (Å²) in [5.74, 6) is 0.436. The zero-order valence-corrected chi connectivity index (χ0v) is 23.4. The first-order valence-corrected chi connectivity index (χ1v) is 14.9. The van der Waals surface area contributed by atoms with Crippen LogP contribution in [0.4, 0.5) is 5.69 Å². The van der Waals surface area contributed by atoms with Crippen LogP contribution in [0.15, 0.2) is 12.1 Å². The molecule has 2 atom stereocenters. The van der Waals surface area contributed by atoms with E-state index in [9.17, 15) is 18.7 Å². The highest BCUT2D eigenvalue weighted by molar-refractivity contribution is 8.23. The molecule has 8 nitrogen and oxygen atoms in total. The highest BCUT2D eigenvalue weighted by atomic mass is 35.5. The molecule has 4 bridgehead atoms. The quantitative estimate of drug-likeness (QED) is 0.382. The number of nitrogens with one attached hydrogen (secondary N) is 1. The van der Waals surface area contributed by atoms with Crippen molar-refractivity contribution in [1.29, 1.82) is 0 Å². The van der Waals surface area contributed by atoms with Gasteiger partial charge in [0, 0.05) is 29.6 Å². The molecule has 4 aliphatic carbocycles. The number of carbonyl (C=O) groups excluding carboxylic acids is 2. The van der Waals surface area contributed by atoms with Gasteiger partial charge in [-0.3, -0.25) is 23.0 Å². The summed E-state index contributed by atoms with van der Waals surface area (Å²) in [4.78, 5) is 25.5. The maximum Gasteiger partial charge on any atom is 0.236 e. The number of hydrogen-bond donors (Lipinski definition) is 4. The molecule has 5 fully saturated rings. The molecule has 1 aromatic carbocycles. The van der Waals surface area contributed by atoms with Crippen LogP contribution in [-0.2, 0) is 9.59 Å². The van der Waals surface area contributed by atoms with Crippen LogP contribution in [0.5, 0.6) is 0 Å². The lowest BCUT2D eigenvalue weighted by Gasteiger charge is -2.59. The number of nitrogens with zero attached hydrogens (tertiary/aromatic N) is 2. The molecule has 1 heterocycles. The Balaban J connectivity index is 1.34. The second-order valence-corrected chi connectivity index (χ2v) is 15.1. The van der Waals surface area contributed by atoms with Crippen molar-refractivity contribution < 1.29 is 18.7 Å². The molecule has 1 aliphatic heterocycles. The van der Waals surface area contributed by atoms with E-state index in [0.29, 0.717) is 30.3 Å². The zero-order chi connectivity index (χ0) is 26.2. The van der Waals surface area contributed by atoms with Crippen LogP contribution >= 0.6 is 45.8 Å². The number of amides is 2. The van der Waals surface area contributed by atoms with E-state index in [2.05, 4.69) is 5.32 Å². The number of benzene rings is 1. The van der Waals surface area contributed by atoms with Crippen LogP contribution in [0.1, 0.15) is 46.0 Å². The van der Waals surface area contributed by atoms with Crippen LogP contribution in [0.3, 0.4) is 0 Å². The molecule has 0 radical (unpaired) electrons. The molecule has 200 valence electrons. The van der Waals surface area contributed by atoms with Gasteiger partial charge in [0.25, 0.3) is 0 Å². The summed E-state index contributed by atoms with van der Waals surface area (Å²) in [6, 6.07) is 2.98. The van der Waals surface area contributed by atoms with Crippen molar-refractivity contribution in [3.63, 3.8) is 0 Å². The topological polar surface area (TPSA) is 119 Å². The molecule has 1 aromatic rings.